The third-order valence-electron chi connectivity index (χ3n) is 6.30. The molecule has 1 saturated carbocycles. The molecule has 9 heteroatoms. The molecule has 0 atom stereocenters. The number of benzene rings is 2. The van der Waals surface area contributed by atoms with Crippen LogP contribution in [0.4, 0.5) is 5.69 Å². The van der Waals surface area contributed by atoms with Gasteiger partial charge in [0.2, 0.25) is 0 Å². The van der Waals surface area contributed by atoms with Crippen LogP contribution in [0.25, 0.3) is 16.5 Å². The minimum absolute atomic E-state index is 0.0303. The number of hydrogen-bond acceptors (Lipinski definition) is 6. The molecule has 1 aliphatic carbocycles. The van der Waals surface area contributed by atoms with Crippen molar-refractivity contribution in [2.75, 3.05) is 18.6 Å². The zero-order chi connectivity index (χ0) is 27.1. The van der Waals surface area contributed by atoms with Gasteiger partial charge in [-0.25, -0.2) is 9.59 Å². The van der Waals surface area contributed by atoms with Gasteiger partial charge in [0.1, 0.15) is 5.02 Å². The molecule has 0 spiro atoms. The lowest BCUT2D eigenvalue weighted by Crippen LogP contribution is -2.40. The van der Waals surface area contributed by atoms with Crippen LogP contribution < -0.4 is 9.64 Å². The minimum Gasteiger partial charge on any atom is -0.479 e. The Labute approximate surface area is 230 Å². The van der Waals surface area contributed by atoms with Gasteiger partial charge in [-0.1, -0.05) is 73.3 Å². The van der Waals surface area contributed by atoms with Gasteiger partial charge in [0.25, 0.3) is 5.91 Å². The zero-order valence-electron chi connectivity index (χ0n) is 20.9. The molecule has 1 aromatic heterocycles. The highest BCUT2D eigenvalue weighted by Crippen LogP contribution is 2.46. The van der Waals surface area contributed by atoms with Crippen molar-refractivity contribution < 1.29 is 29.0 Å². The number of thiophene rings is 1. The molecule has 0 saturated heterocycles. The second kappa shape index (κ2) is 12.8. The summed E-state index contributed by atoms with van der Waals surface area (Å²) in [6.07, 6.45) is 8.50. The maximum atomic E-state index is 13.5. The fraction of sp³-hybridized carbons (Fsp3) is 0.276. The number of rotatable bonds is 9. The van der Waals surface area contributed by atoms with Gasteiger partial charge in [-0.2, -0.15) is 0 Å². The Morgan fingerprint density at radius 3 is 2.50 bits per heavy atom. The second-order valence-electron chi connectivity index (χ2n) is 8.87. The number of carbonyl (C=O) groups excluding carboxylic acids is 2. The standard InChI is InChI=1S/C29H28ClNO6S/c1-36-29(35)28-26(37-18-24(33)34)25(30)27(38-28)20-11-8-14-22(17-20)31(21-12-6-3-7-13-21)23(32)16-15-19-9-4-2-5-10-19/h2,4-5,8-11,14-17,21H,3,6-7,12-13,18H2,1H3,(H,33,34)/b16-15+. The number of carbonyl (C=O) groups is 3. The summed E-state index contributed by atoms with van der Waals surface area (Å²) in [5.41, 5.74) is 2.33. The van der Waals surface area contributed by atoms with E-state index in [1.807, 2.05) is 65.6 Å². The molecule has 1 N–H and O–H groups in total. The minimum atomic E-state index is -1.20. The van der Waals surface area contributed by atoms with Crippen molar-refractivity contribution in [2.45, 2.75) is 38.1 Å². The molecule has 1 fully saturated rings. The third-order valence-corrected chi connectivity index (χ3v) is 7.97. The number of methoxy groups -OCH3 is 1. The molecule has 0 radical (unpaired) electrons. The number of amides is 1. The molecule has 0 bridgehead atoms. The van der Waals surface area contributed by atoms with Crippen molar-refractivity contribution in [1.82, 2.24) is 0 Å². The number of nitrogens with zero attached hydrogens (tertiary/aromatic N) is 1. The summed E-state index contributed by atoms with van der Waals surface area (Å²) in [4.78, 5) is 39.4. The number of carboxylic acids is 1. The summed E-state index contributed by atoms with van der Waals surface area (Å²) in [5, 5.41) is 9.16. The van der Waals surface area contributed by atoms with Crippen molar-refractivity contribution in [3.8, 4) is 16.2 Å². The molecule has 1 heterocycles. The van der Waals surface area contributed by atoms with Gasteiger partial charge in [-0.15, -0.1) is 11.3 Å². The molecule has 1 amide bonds. The molecule has 38 heavy (non-hydrogen) atoms. The molecule has 198 valence electrons. The summed E-state index contributed by atoms with van der Waals surface area (Å²) in [5.74, 6) is -2.02. The van der Waals surface area contributed by atoms with Gasteiger partial charge in [0.05, 0.1) is 12.0 Å². The van der Waals surface area contributed by atoms with Crippen LogP contribution in [-0.2, 0) is 14.3 Å². The Hall–Kier alpha value is -3.62. The van der Waals surface area contributed by atoms with Crippen molar-refractivity contribution in [2.24, 2.45) is 0 Å². The van der Waals surface area contributed by atoms with Gasteiger partial charge in [-0.3, -0.25) is 4.79 Å². The number of ether oxygens (including phenoxy) is 2. The Morgan fingerprint density at radius 1 is 1.08 bits per heavy atom. The Balaban J connectivity index is 1.72. The Bertz CT molecular complexity index is 1330. The highest BCUT2D eigenvalue weighted by Gasteiger charge is 2.28. The molecule has 1 aliphatic rings. The molecule has 0 aliphatic heterocycles. The highest BCUT2D eigenvalue weighted by molar-refractivity contribution is 7.18. The van der Waals surface area contributed by atoms with E-state index in [1.54, 1.807) is 6.08 Å². The molecular formula is C29H28ClNO6S. The van der Waals surface area contributed by atoms with Gasteiger partial charge in [0.15, 0.2) is 17.2 Å². The van der Waals surface area contributed by atoms with E-state index in [0.717, 1.165) is 49.0 Å². The van der Waals surface area contributed by atoms with E-state index in [1.165, 1.54) is 7.11 Å². The molecule has 2 aromatic carbocycles. The first kappa shape index (κ1) is 27.4. The number of aliphatic carboxylic acids is 1. The largest absolute Gasteiger partial charge is 0.479 e. The summed E-state index contributed by atoms with van der Waals surface area (Å²) >= 11 is 7.66. The van der Waals surface area contributed by atoms with Crippen molar-refractivity contribution in [3.05, 3.63) is 76.1 Å². The average Bonchev–Trinajstić information content (AvgIpc) is 3.27. The first-order valence-corrected chi connectivity index (χ1v) is 13.5. The predicted octanol–water partition coefficient (Wildman–Crippen LogP) is 6.70. The van der Waals surface area contributed by atoms with Gasteiger partial charge >= 0.3 is 11.9 Å². The fourth-order valence-corrected chi connectivity index (χ4v) is 6.02. The van der Waals surface area contributed by atoms with E-state index in [9.17, 15) is 14.4 Å². The maximum absolute atomic E-state index is 13.5. The van der Waals surface area contributed by atoms with E-state index >= 15 is 0 Å². The van der Waals surface area contributed by atoms with Gasteiger partial charge in [0, 0.05) is 17.8 Å². The lowest BCUT2D eigenvalue weighted by Gasteiger charge is -2.34. The normalized spacial score (nSPS) is 13.8. The first-order chi connectivity index (χ1) is 18.4. The van der Waals surface area contributed by atoms with Crippen LogP contribution in [0.2, 0.25) is 5.02 Å². The third kappa shape index (κ3) is 6.44. The summed E-state index contributed by atoms with van der Waals surface area (Å²) in [6, 6.07) is 17.1. The van der Waals surface area contributed by atoms with Crippen LogP contribution in [0.3, 0.4) is 0 Å². The number of halogens is 1. The molecular weight excluding hydrogens is 526 g/mol. The predicted molar refractivity (Wildman–Crippen MR) is 149 cm³/mol. The van der Waals surface area contributed by atoms with Crippen LogP contribution >= 0.6 is 22.9 Å². The fourth-order valence-electron chi connectivity index (χ4n) is 4.54. The smallest absolute Gasteiger partial charge is 0.351 e. The first-order valence-electron chi connectivity index (χ1n) is 12.3. The summed E-state index contributed by atoms with van der Waals surface area (Å²) in [7, 11) is 1.23. The summed E-state index contributed by atoms with van der Waals surface area (Å²) < 4.78 is 10.2. The highest BCUT2D eigenvalue weighted by atomic mass is 35.5. The van der Waals surface area contributed by atoms with Crippen molar-refractivity contribution >= 4 is 52.5 Å². The van der Waals surface area contributed by atoms with E-state index in [-0.39, 0.29) is 27.6 Å². The lowest BCUT2D eigenvalue weighted by molar-refractivity contribution is -0.139. The topological polar surface area (TPSA) is 93.1 Å². The molecule has 3 aromatic rings. The van der Waals surface area contributed by atoms with Crippen molar-refractivity contribution in [1.29, 1.82) is 0 Å². The van der Waals surface area contributed by atoms with Crippen LogP contribution in [0.5, 0.6) is 5.75 Å². The zero-order valence-corrected chi connectivity index (χ0v) is 22.5. The second-order valence-corrected chi connectivity index (χ2v) is 10.3. The van der Waals surface area contributed by atoms with E-state index in [2.05, 4.69) is 0 Å². The van der Waals surface area contributed by atoms with Crippen LogP contribution in [-0.4, -0.2) is 42.7 Å². The Morgan fingerprint density at radius 2 is 1.82 bits per heavy atom. The van der Waals surface area contributed by atoms with E-state index in [4.69, 9.17) is 26.2 Å². The van der Waals surface area contributed by atoms with Crippen LogP contribution in [0, 0.1) is 0 Å². The van der Waals surface area contributed by atoms with Gasteiger partial charge in [-0.05, 0) is 42.2 Å². The van der Waals surface area contributed by atoms with Crippen molar-refractivity contribution in [3.63, 3.8) is 0 Å². The number of esters is 1. The van der Waals surface area contributed by atoms with Crippen LogP contribution in [0.15, 0.2) is 60.7 Å². The SMILES string of the molecule is COC(=O)c1sc(-c2cccc(N(C(=O)/C=C/c3ccccc3)C3CCCCC3)c2)c(Cl)c1OCC(=O)O. The lowest BCUT2D eigenvalue weighted by atomic mass is 9.93. The quantitative estimate of drug-likeness (QED) is 0.234. The van der Waals surface area contributed by atoms with E-state index in [0.29, 0.717) is 16.1 Å². The number of carboxylic acid groups (broad SMARTS) is 1. The summed E-state index contributed by atoms with van der Waals surface area (Å²) in [6.45, 7) is -0.655. The number of anilines is 1. The average molecular weight is 554 g/mol. The monoisotopic (exact) mass is 553 g/mol. The van der Waals surface area contributed by atoms with Gasteiger partial charge < -0.3 is 19.5 Å². The molecule has 4 rings (SSSR count). The maximum Gasteiger partial charge on any atom is 0.351 e. The molecule has 0 unspecified atom stereocenters. The molecule has 7 nitrogen and oxygen atoms in total. The number of hydrogen-bond donors (Lipinski definition) is 1. The Kier molecular flexibility index (Phi) is 9.20. The van der Waals surface area contributed by atoms with E-state index < -0.39 is 18.5 Å². The van der Waals surface area contributed by atoms with Crippen LogP contribution in [0.1, 0.15) is 47.3 Å².